The van der Waals surface area contributed by atoms with E-state index >= 15 is 0 Å². The molecule has 0 radical (unpaired) electrons. The van der Waals surface area contributed by atoms with E-state index in [0.717, 1.165) is 44.7 Å². The zero-order chi connectivity index (χ0) is 38.4. The van der Waals surface area contributed by atoms with Crippen LogP contribution in [0.4, 0.5) is 0 Å². The Bertz CT molecular complexity index is 2030. The molecule has 56 heavy (non-hydrogen) atoms. The third-order valence-corrected chi connectivity index (χ3v) is 11.5. The molecule has 7 heteroatoms. The summed E-state index contributed by atoms with van der Waals surface area (Å²) in [5.41, 5.74) is 7.11. The average molecular weight is 767 g/mol. The molecule has 1 aliphatic rings. The summed E-state index contributed by atoms with van der Waals surface area (Å²) in [7, 11) is 0. The van der Waals surface area contributed by atoms with Crippen LogP contribution in [0, 0.1) is 0 Å². The van der Waals surface area contributed by atoms with Crippen LogP contribution in [0.3, 0.4) is 0 Å². The molecule has 6 aromatic rings. The minimum Gasteiger partial charge on any atom is -0.494 e. The van der Waals surface area contributed by atoms with Gasteiger partial charge in [0.15, 0.2) is 4.93 Å². The second kappa shape index (κ2) is 19.9. The third kappa shape index (κ3) is 10.6. The molecule has 1 unspecified atom stereocenters. The predicted octanol–water partition coefficient (Wildman–Crippen LogP) is 9.91. The molecule has 6 aromatic carbocycles. The largest absolute Gasteiger partial charge is 0.494 e. The van der Waals surface area contributed by atoms with E-state index in [0.29, 0.717) is 39.5 Å². The van der Waals surface area contributed by atoms with Crippen molar-refractivity contribution in [1.82, 2.24) is 0 Å². The first-order valence-corrected chi connectivity index (χ1v) is 20.2. The normalized spacial score (nSPS) is 20.8. The molecule has 0 saturated carbocycles. The molecule has 1 aliphatic heterocycles. The van der Waals surface area contributed by atoms with Gasteiger partial charge in [0, 0.05) is 0 Å². The molecule has 0 spiro atoms. The standard InChI is InChI=1S/C49H50O6S/c1-2-52-44-28-26-37(27-29-44)30-42-24-15-25-43(31-42)49(50)48(55-35-41-22-13-6-14-23-41)47(54-34-40-20-11-5-12-21-40)46(53-33-39-18-9-4-10-19-39)45(56-49)36-51-32-38-16-7-3-8-17-38/h3-29,31,45-48,50H,2,30,32-36H2,1H3/t45-,46-,47+,48-,49?/m1/s1. The van der Waals surface area contributed by atoms with Crippen molar-refractivity contribution >= 4 is 11.8 Å². The van der Waals surface area contributed by atoms with E-state index in [4.69, 9.17) is 23.7 Å². The molecule has 1 saturated heterocycles. The van der Waals surface area contributed by atoms with Crippen molar-refractivity contribution in [2.24, 2.45) is 0 Å². The number of hydrogen-bond acceptors (Lipinski definition) is 7. The van der Waals surface area contributed by atoms with Crippen LogP contribution in [0.2, 0.25) is 0 Å². The number of thioether (sulfide) groups is 1. The molecule has 5 atom stereocenters. The molecule has 1 fully saturated rings. The number of aliphatic hydroxyl groups is 1. The van der Waals surface area contributed by atoms with Gasteiger partial charge in [0.25, 0.3) is 0 Å². The van der Waals surface area contributed by atoms with Crippen molar-refractivity contribution in [3.8, 4) is 5.75 Å². The Kier molecular flexibility index (Phi) is 14.1. The van der Waals surface area contributed by atoms with Crippen LogP contribution in [0.25, 0.3) is 0 Å². The van der Waals surface area contributed by atoms with Crippen molar-refractivity contribution in [3.05, 3.63) is 209 Å². The molecule has 0 bridgehead atoms. The summed E-state index contributed by atoms with van der Waals surface area (Å²) < 4.78 is 32.9. The number of ether oxygens (including phenoxy) is 5. The molecule has 1 heterocycles. The van der Waals surface area contributed by atoms with Crippen molar-refractivity contribution in [2.45, 2.75) is 68.3 Å². The smallest absolute Gasteiger partial charge is 0.165 e. The lowest BCUT2D eigenvalue weighted by Crippen LogP contribution is -2.61. The monoisotopic (exact) mass is 766 g/mol. The summed E-state index contributed by atoms with van der Waals surface area (Å²) in [6.45, 7) is 4.33. The predicted molar refractivity (Wildman–Crippen MR) is 223 cm³/mol. The van der Waals surface area contributed by atoms with E-state index in [2.05, 4.69) is 48.5 Å². The zero-order valence-electron chi connectivity index (χ0n) is 31.8. The molecular weight excluding hydrogens is 717 g/mol. The molecule has 6 nitrogen and oxygen atoms in total. The zero-order valence-corrected chi connectivity index (χ0v) is 32.6. The number of hydrogen-bond donors (Lipinski definition) is 1. The van der Waals surface area contributed by atoms with E-state index in [1.54, 1.807) is 0 Å². The topological polar surface area (TPSA) is 66.4 Å². The van der Waals surface area contributed by atoms with E-state index in [1.165, 1.54) is 11.8 Å². The van der Waals surface area contributed by atoms with Crippen LogP contribution in [0.5, 0.6) is 5.75 Å². The summed E-state index contributed by atoms with van der Waals surface area (Å²) in [6, 6.07) is 56.9. The van der Waals surface area contributed by atoms with Gasteiger partial charge in [0.05, 0.1) is 44.9 Å². The Morgan fingerprint density at radius 1 is 0.518 bits per heavy atom. The SMILES string of the molecule is CCOc1ccc(Cc2cccc(C3(O)S[C@H](COCc4ccccc4)[C@@H](OCc4ccccc4)[C@H](OCc4ccccc4)[C@H]3OCc3ccccc3)c2)cc1. The van der Waals surface area contributed by atoms with Gasteiger partial charge in [-0.05, 0) is 64.4 Å². The molecule has 0 aliphatic carbocycles. The highest BCUT2D eigenvalue weighted by Gasteiger charge is 2.56. The van der Waals surface area contributed by atoms with Gasteiger partial charge in [-0.2, -0.15) is 0 Å². The first-order valence-electron chi connectivity index (χ1n) is 19.4. The van der Waals surface area contributed by atoms with Crippen molar-refractivity contribution < 1.29 is 28.8 Å². The van der Waals surface area contributed by atoms with Crippen molar-refractivity contribution in [2.75, 3.05) is 13.2 Å². The fourth-order valence-corrected chi connectivity index (χ4v) is 8.69. The summed E-state index contributed by atoms with van der Waals surface area (Å²) >= 11 is 1.44. The maximum atomic E-state index is 13.4. The fourth-order valence-electron chi connectivity index (χ4n) is 7.10. The third-order valence-electron chi connectivity index (χ3n) is 9.93. The molecule has 1 N–H and O–H groups in total. The first-order chi connectivity index (χ1) is 27.6. The first kappa shape index (κ1) is 39.5. The van der Waals surface area contributed by atoms with Gasteiger partial charge in [0.1, 0.15) is 24.1 Å². The lowest BCUT2D eigenvalue weighted by Gasteiger charge is -2.50. The van der Waals surface area contributed by atoms with Gasteiger partial charge in [-0.3, -0.25) is 0 Å². The van der Waals surface area contributed by atoms with E-state index < -0.39 is 23.2 Å². The average Bonchev–Trinajstić information content (AvgIpc) is 3.24. The second-order valence-corrected chi connectivity index (χ2v) is 15.5. The fraction of sp³-hybridized carbons (Fsp3) is 0.265. The van der Waals surface area contributed by atoms with Crippen LogP contribution in [-0.4, -0.2) is 41.9 Å². The van der Waals surface area contributed by atoms with Crippen molar-refractivity contribution in [1.29, 1.82) is 0 Å². The van der Waals surface area contributed by atoms with Gasteiger partial charge in [-0.25, -0.2) is 0 Å². The molecule has 0 amide bonds. The Balaban J connectivity index is 1.26. The second-order valence-electron chi connectivity index (χ2n) is 14.0. The van der Waals surface area contributed by atoms with Crippen LogP contribution < -0.4 is 4.74 Å². The Morgan fingerprint density at radius 3 is 1.57 bits per heavy atom. The van der Waals surface area contributed by atoms with E-state index in [9.17, 15) is 5.11 Å². The highest BCUT2D eigenvalue weighted by Crippen LogP contribution is 2.50. The van der Waals surface area contributed by atoms with Crippen LogP contribution in [-0.2, 0) is 56.7 Å². The number of benzene rings is 6. The number of rotatable bonds is 18. The minimum absolute atomic E-state index is 0.284. The highest BCUT2D eigenvalue weighted by molar-refractivity contribution is 8.00. The van der Waals surface area contributed by atoms with Gasteiger partial charge < -0.3 is 28.8 Å². The molecule has 288 valence electrons. The van der Waals surface area contributed by atoms with Crippen molar-refractivity contribution in [3.63, 3.8) is 0 Å². The molecule has 0 aromatic heterocycles. The highest BCUT2D eigenvalue weighted by atomic mass is 32.2. The minimum atomic E-state index is -1.53. The lowest BCUT2D eigenvalue weighted by atomic mass is 9.91. The summed E-state index contributed by atoms with van der Waals surface area (Å²) in [5.74, 6) is 0.849. The molecule has 7 rings (SSSR count). The van der Waals surface area contributed by atoms with Crippen LogP contribution in [0.15, 0.2) is 170 Å². The summed E-state index contributed by atoms with van der Waals surface area (Å²) in [6.07, 6.45) is -1.29. The van der Waals surface area contributed by atoms with Crippen LogP contribution >= 0.6 is 11.8 Å². The van der Waals surface area contributed by atoms with Gasteiger partial charge in [0.2, 0.25) is 0 Å². The van der Waals surface area contributed by atoms with Gasteiger partial charge in [-0.15, -0.1) is 11.8 Å². The quantitative estimate of drug-likeness (QED) is 0.0935. The Hall–Kier alpha value is -4.73. The Labute approximate surface area is 335 Å². The maximum absolute atomic E-state index is 13.4. The maximum Gasteiger partial charge on any atom is 0.165 e. The lowest BCUT2D eigenvalue weighted by molar-refractivity contribution is -0.199. The van der Waals surface area contributed by atoms with Gasteiger partial charge >= 0.3 is 0 Å². The van der Waals surface area contributed by atoms with E-state index in [-0.39, 0.29) is 11.9 Å². The van der Waals surface area contributed by atoms with E-state index in [1.807, 2.05) is 128 Å². The van der Waals surface area contributed by atoms with Gasteiger partial charge in [-0.1, -0.05) is 158 Å². The summed E-state index contributed by atoms with van der Waals surface area (Å²) in [5, 5.41) is 13.0. The Morgan fingerprint density at radius 2 is 1.02 bits per heavy atom. The molecular formula is C49H50O6S. The van der Waals surface area contributed by atoms with Crippen LogP contribution in [0.1, 0.15) is 45.9 Å². The summed E-state index contributed by atoms with van der Waals surface area (Å²) in [4.78, 5) is -1.53.